The van der Waals surface area contributed by atoms with Crippen LogP contribution in [0.2, 0.25) is 0 Å². The summed E-state index contributed by atoms with van der Waals surface area (Å²) in [6, 6.07) is 6.60. The van der Waals surface area contributed by atoms with Gasteiger partial charge in [-0.1, -0.05) is 6.07 Å². The molecule has 3 aromatic heterocycles. The standard InChI is InChI=1S/C27H17F6N3O2/c1-12-6-13-9-20(25(37)14-7-17(28)22(30)18(29)8-14)36-5-3-4-15(24(13)36)21-16(27(31,32)33)10-19-23(26(21)38-12)34-11-35(19)2/h3-5,7-12H,6H2,1-2H3. The Morgan fingerprint density at radius 2 is 1.82 bits per heavy atom. The van der Waals surface area contributed by atoms with E-state index in [0.29, 0.717) is 23.2 Å². The van der Waals surface area contributed by atoms with Crippen molar-refractivity contribution in [2.45, 2.75) is 25.6 Å². The first-order valence-electron chi connectivity index (χ1n) is 11.5. The summed E-state index contributed by atoms with van der Waals surface area (Å²) in [5.74, 6) is -5.63. The summed E-state index contributed by atoms with van der Waals surface area (Å²) in [6.07, 6.45) is -2.28. The molecule has 0 saturated heterocycles. The molecule has 194 valence electrons. The van der Waals surface area contributed by atoms with E-state index in [1.807, 2.05) is 0 Å². The van der Waals surface area contributed by atoms with Crippen molar-refractivity contribution in [2.24, 2.45) is 7.05 Å². The molecule has 5 nitrogen and oxygen atoms in total. The minimum absolute atomic E-state index is 0.0292. The number of carbonyl (C=O) groups excluding carboxylic acids is 1. The maximum atomic E-state index is 14.4. The van der Waals surface area contributed by atoms with Crippen LogP contribution in [-0.2, 0) is 19.6 Å². The maximum absolute atomic E-state index is 14.4. The van der Waals surface area contributed by atoms with E-state index in [-0.39, 0.29) is 40.0 Å². The highest BCUT2D eigenvalue weighted by atomic mass is 19.4. The minimum atomic E-state index is -4.75. The number of nitrogens with zero attached hydrogens (tertiary/aromatic N) is 3. The van der Waals surface area contributed by atoms with E-state index in [1.54, 1.807) is 14.0 Å². The molecule has 2 aromatic carbocycles. The fourth-order valence-electron chi connectivity index (χ4n) is 5.10. The van der Waals surface area contributed by atoms with E-state index in [9.17, 15) is 31.1 Å². The predicted molar refractivity (Wildman–Crippen MR) is 126 cm³/mol. The van der Waals surface area contributed by atoms with Gasteiger partial charge in [0.25, 0.3) is 0 Å². The van der Waals surface area contributed by atoms with Crippen LogP contribution in [0.3, 0.4) is 0 Å². The van der Waals surface area contributed by atoms with Gasteiger partial charge in [0, 0.05) is 36.4 Å². The van der Waals surface area contributed by atoms with Crippen molar-refractivity contribution in [2.75, 3.05) is 0 Å². The number of ketones is 1. The number of alkyl halides is 3. The molecule has 0 amide bonds. The normalized spacial score (nSPS) is 15.3. The molecule has 0 spiro atoms. The summed E-state index contributed by atoms with van der Waals surface area (Å²) < 4.78 is 93.5. The first kappa shape index (κ1) is 24.1. The van der Waals surface area contributed by atoms with Crippen LogP contribution in [-0.4, -0.2) is 25.8 Å². The number of hydrogen-bond donors (Lipinski definition) is 0. The van der Waals surface area contributed by atoms with Crippen LogP contribution in [0.15, 0.2) is 48.9 Å². The van der Waals surface area contributed by atoms with Gasteiger partial charge in [-0.25, -0.2) is 18.2 Å². The van der Waals surface area contributed by atoms with Crippen LogP contribution in [0.1, 0.15) is 34.1 Å². The Balaban J connectivity index is 1.68. The lowest BCUT2D eigenvalue weighted by atomic mass is 9.93. The van der Waals surface area contributed by atoms with Gasteiger partial charge in [0.2, 0.25) is 5.78 Å². The third-order valence-electron chi connectivity index (χ3n) is 6.72. The fraction of sp³-hybridized carbons (Fsp3) is 0.185. The number of carbonyl (C=O) groups is 1. The fourth-order valence-corrected chi connectivity index (χ4v) is 5.10. The van der Waals surface area contributed by atoms with E-state index in [2.05, 4.69) is 4.98 Å². The summed E-state index contributed by atoms with van der Waals surface area (Å²) >= 11 is 0. The molecule has 1 atom stereocenters. The van der Waals surface area contributed by atoms with Crippen LogP contribution in [0, 0.1) is 17.5 Å². The predicted octanol–water partition coefficient (Wildman–Crippen LogP) is 6.48. The molecule has 1 unspecified atom stereocenters. The van der Waals surface area contributed by atoms with Crippen molar-refractivity contribution in [1.82, 2.24) is 14.0 Å². The molecule has 0 N–H and O–H groups in total. The number of rotatable bonds is 2. The van der Waals surface area contributed by atoms with Gasteiger partial charge in [0.05, 0.1) is 28.6 Å². The Hall–Kier alpha value is -4.28. The van der Waals surface area contributed by atoms with Gasteiger partial charge in [-0.05, 0) is 42.8 Å². The molecule has 11 heteroatoms. The van der Waals surface area contributed by atoms with Gasteiger partial charge >= 0.3 is 6.18 Å². The Morgan fingerprint density at radius 3 is 2.50 bits per heavy atom. The van der Waals surface area contributed by atoms with Gasteiger partial charge in [-0.3, -0.25) is 4.79 Å². The zero-order valence-corrected chi connectivity index (χ0v) is 19.8. The van der Waals surface area contributed by atoms with Crippen LogP contribution < -0.4 is 4.74 Å². The van der Waals surface area contributed by atoms with E-state index in [0.717, 1.165) is 6.07 Å². The third kappa shape index (κ3) is 3.48. The summed E-state index contributed by atoms with van der Waals surface area (Å²) in [6.45, 7) is 1.68. The maximum Gasteiger partial charge on any atom is 0.417 e. The highest BCUT2D eigenvalue weighted by molar-refractivity contribution is 6.10. The number of aromatic nitrogens is 3. The van der Waals surface area contributed by atoms with E-state index in [1.165, 1.54) is 39.7 Å². The molecule has 0 radical (unpaired) electrons. The smallest absolute Gasteiger partial charge is 0.417 e. The first-order valence-corrected chi connectivity index (χ1v) is 11.5. The lowest BCUT2D eigenvalue weighted by Crippen LogP contribution is -2.19. The highest BCUT2D eigenvalue weighted by Gasteiger charge is 2.39. The monoisotopic (exact) mass is 529 g/mol. The number of halogens is 6. The molecule has 0 bridgehead atoms. The second kappa shape index (κ2) is 8.11. The van der Waals surface area contributed by atoms with Crippen molar-refractivity contribution < 1.29 is 35.9 Å². The lowest BCUT2D eigenvalue weighted by Gasteiger charge is -2.25. The SMILES string of the molecule is CC1Cc2cc(C(=O)c3cc(F)c(F)c(F)c3)n3cccc(c23)-c2c(C(F)(F)F)cc3c(ncn3C)c2O1. The molecular formula is C27H17F6N3O2. The van der Waals surface area contributed by atoms with E-state index < -0.39 is 46.6 Å². The summed E-state index contributed by atoms with van der Waals surface area (Å²) in [5, 5.41) is 0. The average Bonchev–Trinajstić information content (AvgIpc) is 3.40. The van der Waals surface area contributed by atoms with Gasteiger partial charge in [0.1, 0.15) is 11.6 Å². The molecule has 1 aliphatic heterocycles. The van der Waals surface area contributed by atoms with Crippen molar-refractivity contribution in [1.29, 1.82) is 0 Å². The van der Waals surface area contributed by atoms with E-state index in [4.69, 9.17) is 4.74 Å². The molecule has 38 heavy (non-hydrogen) atoms. The third-order valence-corrected chi connectivity index (χ3v) is 6.72. The van der Waals surface area contributed by atoms with E-state index >= 15 is 0 Å². The second-order valence-corrected chi connectivity index (χ2v) is 9.26. The molecule has 5 aromatic rings. The van der Waals surface area contributed by atoms with Crippen molar-refractivity contribution >= 4 is 22.3 Å². The molecule has 0 saturated carbocycles. The number of benzene rings is 2. The van der Waals surface area contributed by atoms with Gasteiger partial charge in [-0.15, -0.1) is 0 Å². The van der Waals surface area contributed by atoms with Gasteiger partial charge in [0.15, 0.2) is 23.2 Å². The summed E-state index contributed by atoms with van der Waals surface area (Å²) in [7, 11) is 1.58. The molecule has 4 heterocycles. The molecule has 1 aliphatic rings. The molecular weight excluding hydrogens is 512 g/mol. The van der Waals surface area contributed by atoms with Crippen LogP contribution in [0.25, 0.3) is 27.7 Å². The van der Waals surface area contributed by atoms with Crippen molar-refractivity contribution in [3.05, 3.63) is 88.8 Å². The second-order valence-electron chi connectivity index (χ2n) is 9.26. The molecule has 6 rings (SSSR count). The first-order chi connectivity index (χ1) is 18.0. The number of hydrogen-bond acceptors (Lipinski definition) is 3. The zero-order chi connectivity index (χ0) is 27.1. The van der Waals surface area contributed by atoms with Crippen molar-refractivity contribution in [3.8, 4) is 16.9 Å². The largest absolute Gasteiger partial charge is 0.487 e. The lowest BCUT2D eigenvalue weighted by molar-refractivity contribution is -0.137. The average molecular weight is 529 g/mol. The zero-order valence-electron chi connectivity index (χ0n) is 19.8. The van der Waals surface area contributed by atoms with Crippen LogP contribution in [0.5, 0.6) is 5.75 Å². The topological polar surface area (TPSA) is 48.5 Å². The molecule has 0 fully saturated rings. The Bertz CT molecular complexity index is 1780. The Labute approximate surface area is 210 Å². The number of imidazole rings is 1. The summed E-state index contributed by atoms with van der Waals surface area (Å²) in [4.78, 5) is 17.6. The minimum Gasteiger partial charge on any atom is -0.487 e. The quantitative estimate of drug-likeness (QED) is 0.149. The van der Waals surface area contributed by atoms with Crippen LogP contribution in [0.4, 0.5) is 26.3 Å². The van der Waals surface area contributed by atoms with Crippen LogP contribution >= 0.6 is 0 Å². The number of ether oxygens (including phenoxy) is 1. The molecule has 0 aliphatic carbocycles. The number of aryl methyl sites for hydroxylation is 1. The number of pyridine rings is 1. The Morgan fingerprint density at radius 1 is 1.11 bits per heavy atom. The van der Waals surface area contributed by atoms with Gasteiger partial charge in [-0.2, -0.15) is 13.2 Å². The summed E-state index contributed by atoms with van der Waals surface area (Å²) in [5.41, 5.74) is -0.189. The Kier molecular flexibility index (Phi) is 5.14. The highest BCUT2D eigenvalue weighted by Crippen LogP contribution is 2.49. The van der Waals surface area contributed by atoms with Gasteiger partial charge < -0.3 is 13.7 Å². The number of fused-ring (bicyclic) bond motifs is 4. The van der Waals surface area contributed by atoms with Crippen molar-refractivity contribution in [3.63, 3.8) is 0 Å².